The summed E-state index contributed by atoms with van der Waals surface area (Å²) in [5.41, 5.74) is 7.68. The molecule has 17 heavy (non-hydrogen) atoms. The topological polar surface area (TPSA) is 82.2 Å². The minimum Gasteiger partial charge on any atom is -0.374 e. The molecule has 1 aromatic rings. The number of nitrogens with zero attached hydrogens (tertiary/aromatic N) is 2. The van der Waals surface area contributed by atoms with Crippen molar-refractivity contribution < 1.29 is 4.79 Å². The molecule has 0 aromatic heterocycles. The highest BCUT2D eigenvalue weighted by molar-refractivity contribution is 6.02. The predicted molar refractivity (Wildman–Crippen MR) is 65.7 cm³/mol. The van der Waals surface area contributed by atoms with Crippen molar-refractivity contribution in [2.45, 2.75) is 6.42 Å². The van der Waals surface area contributed by atoms with Crippen molar-refractivity contribution in [3.05, 3.63) is 23.8 Å². The molecule has 5 nitrogen and oxygen atoms in total. The summed E-state index contributed by atoms with van der Waals surface area (Å²) in [5.74, 6) is 0.0149. The highest BCUT2D eigenvalue weighted by atomic mass is 16.2. The van der Waals surface area contributed by atoms with Crippen LogP contribution in [-0.4, -0.2) is 25.5 Å². The number of fused-ring (bicyclic) bond motifs is 1. The SMILES string of the molecule is N#Cc1ccc2c(c1)N(CCCN)C(=O)CN2. The molecule has 0 radical (unpaired) electrons. The van der Waals surface area contributed by atoms with Gasteiger partial charge in [0.05, 0.1) is 29.6 Å². The lowest BCUT2D eigenvalue weighted by molar-refractivity contribution is -0.117. The van der Waals surface area contributed by atoms with Gasteiger partial charge in [-0.15, -0.1) is 0 Å². The quantitative estimate of drug-likeness (QED) is 0.799. The fraction of sp³-hybridized carbons (Fsp3) is 0.333. The zero-order valence-electron chi connectivity index (χ0n) is 9.44. The highest BCUT2D eigenvalue weighted by Gasteiger charge is 2.23. The van der Waals surface area contributed by atoms with Crippen molar-refractivity contribution in [3.63, 3.8) is 0 Å². The van der Waals surface area contributed by atoms with Crippen molar-refractivity contribution in [1.82, 2.24) is 0 Å². The normalized spacial score (nSPS) is 13.9. The third-order valence-corrected chi connectivity index (χ3v) is 2.73. The van der Waals surface area contributed by atoms with Gasteiger partial charge in [0.2, 0.25) is 5.91 Å². The van der Waals surface area contributed by atoms with Crippen molar-refractivity contribution in [1.29, 1.82) is 5.26 Å². The van der Waals surface area contributed by atoms with Crippen LogP contribution in [0.1, 0.15) is 12.0 Å². The molecule has 1 amide bonds. The van der Waals surface area contributed by atoms with E-state index in [9.17, 15) is 4.79 Å². The summed E-state index contributed by atoms with van der Waals surface area (Å²) in [5, 5.41) is 11.9. The van der Waals surface area contributed by atoms with Crippen LogP contribution in [0.3, 0.4) is 0 Å². The summed E-state index contributed by atoms with van der Waals surface area (Å²) < 4.78 is 0. The molecule has 0 unspecified atom stereocenters. The molecule has 88 valence electrons. The maximum Gasteiger partial charge on any atom is 0.246 e. The van der Waals surface area contributed by atoms with Crippen LogP contribution < -0.4 is 16.0 Å². The third-order valence-electron chi connectivity index (χ3n) is 2.73. The van der Waals surface area contributed by atoms with Crippen LogP contribution >= 0.6 is 0 Å². The van der Waals surface area contributed by atoms with E-state index in [4.69, 9.17) is 11.0 Å². The maximum atomic E-state index is 11.8. The molecule has 5 heteroatoms. The molecule has 2 rings (SSSR count). The molecule has 0 aliphatic carbocycles. The fourth-order valence-corrected chi connectivity index (χ4v) is 1.87. The minimum atomic E-state index is 0.0149. The smallest absolute Gasteiger partial charge is 0.246 e. The molecular formula is C12H14N4O. The summed E-state index contributed by atoms with van der Waals surface area (Å²) in [6, 6.07) is 7.38. The zero-order chi connectivity index (χ0) is 12.3. The number of anilines is 2. The number of nitriles is 1. The van der Waals surface area contributed by atoms with Crippen LogP contribution in [0.15, 0.2) is 18.2 Å². The standard InChI is InChI=1S/C12H14N4O/c13-4-1-5-16-11-6-9(7-14)2-3-10(11)15-8-12(16)17/h2-3,6,15H,1,4-5,8,13H2. The van der Waals surface area contributed by atoms with Crippen LogP contribution in [0.5, 0.6) is 0 Å². The van der Waals surface area contributed by atoms with Gasteiger partial charge in [-0.1, -0.05) is 0 Å². The van der Waals surface area contributed by atoms with Gasteiger partial charge in [0.25, 0.3) is 0 Å². The van der Waals surface area contributed by atoms with Gasteiger partial charge in [0, 0.05) is 6.54 Å². The van der Waals surface area contributed by atoms with Crippen LogP contribution in [0.2, 0.25) is 0 Å². The highest BCUT2D eigenvalue weighted by Crippen LogP contribution is 2.30. The number of hydrogen-bond donors (Lipinski definition) is 2. The first-order valence-electron chi connectivity index (χ1n) is 5.54. The van der Waals surface area contributed by atoms with Crippen LogP contribution in [0, 0.1) is 11.3 Å². The Kier molecular flexibility index (Phi) is 3.26. The fourth-order valence-electron chi connectivity index (χ4n) is 1.87. The predicted octanol–water partition coefficient (Wildman–Crippen LogP) is 0.666. The lowest BCUT2D eigenvalue weighted by atomic mass is 10.1. The lowest BCUT2D eigenvalue weighted by Gasteiger charge is -2.30. The van der Waals surface area contributed by atoms with Gasteiger partial charge in [0.1, 0.15) is 0 Å². The van der Waals surface area contributed by atoms with Gasteiger partial charge in [-0.2, -0.15) is 5.26 Å². The van der Waals surface area contributed by atoms with Crippen LogP contribution in [0.4, 0.5) is 11.4 Å². The molecule has 0 spiro atoms. The number of carbonyl (C=O) groups excluding carboxylic acids is 1. The molecule has 3 N–H and O–H groups in total. The Morgan fingerprint density at radius 3 is 3.06 bits per heavy atom. The number of amides is 1. The van der Waals surface area contributed by atoms with E-state index in [1.807, 2.05) is 6.07 Å². The average molecular weight is 230 g/mol. The van der Waals surface area contributed by atoms with Crippen molar-refractivity contribution >= 4 is 17.3 Å². The van der Waals surface area contributed by atoms with E-state index in [1.165, 1.54) is 0 Å². The summed E-state index contributed by atoms with van der Waals surface area (Å²) in [6.07, 6.45) is 0.752. The molecular weight excluding hydrogens is 216 g/mol. The Hall–Kier alpha value is -2.06. The zero-order valence-corrected chi connectivity index (χ0v) is 9.44. The first-order valence-corrected chi connectivity index (χ1v) is 5.54. The van der Waals surface area contributed by atoms with Crippen LogP contribution in [-0.2, 0) is 4.79 Å². The molecule has 1 heterocycles. The van der Waals surface area contributed by atoms with E-state index in [-0.39, 0.29) is 5.91 Å². The maximum absolute atomic E-state index is 11.8. The number of nitrogens with one attached hydrogen (secondary N) is 1. The van der Waals surface area contributed by atoms with Crippen LogP contribution in [0.25, 0.3) is 0 Å². The molecule has 0 atom stereocenters. The summed E-state index contributed by atoms with van der Waals surface area (Å²) in [7, 11) is 0. The largest absolute Gasteiger partial charge is 0.374 e. The lowest BCUT2D eigenvalue weighted by Crippen LogP contribution is -2.41. The van der Waals surface area contributed by atoms with Gasteiger partial charge in [-0.25, -0.2) is 0 Å². The number of hydrogen-bond acceptors (Lipinski definition) is 4. The van der Waals surface area contributed by atoms with Gasteiger partial charge in [0.15, 0.2) is 0 Å². The second kappa shape index (κ2) is 4.85. The van der Waals surface area contributed by atoms with Gasteiger partial charge < -0.3 is 16.0 Å². The first-order chi connectivity index (χ1) is 8.26. The van der Waals surface area contributed by atoms with E-state index < -0.39 is 0 Å². The first kappa shape index (κ1) is 11.4. The Balaban J connectivity index is 2.35. The van der Waals surface area contributed by atoms with Gasteiger partial charge >= 0.3 is 0 Å². The Morgan fingerprint density at radius 1 is 1.53 bits per heavy atom. The molecule has 0 saturated carbocycles. The Bertz CT molecular complexity index is 478. The number of rotatable bonds is 3. The van der Waals surface area contributed by atoms with E-state index in [2.05, 4.69) is 11.4 Å². The van der Waals surface area contributed by atoms with Crippen molar-refractivity contribution in [2.24, 2.45) is 5.73 Å². The average Bonchev–Trinajstić information content (AvgIpc) is 2.37. The van der Waals surface area contributed by atoms with Gasteiger partial charge in [-0.3, -0.25) is 4.79 Å². The second-order valence-electron chi connectivity index (χ2n) is 3.88. The van der Waals surface area contributed by atoms with E-state index in [0.29, 0.717) is 25.2 Å². The Labute approximate surface area is 99.8 Å². The summed E-state index contributed by atoms with van der Waals surface area (Å²) in [4.78, 5) is 13.5. The van der Waals surface area contributed by atoms with E-state index in [1.54, 1.807) is 17.0 Å². The molecule has 0 fully saturated rings. The number of benzene rings is 1. The monoisotopic (exact) mass is 230 g/mol. The number of carbonyl (C=O) groups is 1. The molecule has 0 saturated heterocycles. The molecule has 1 aliphatic heterocycles. The van der Waals surface area contributed by atoms with Gasteiger partial charge in [-0.05, 0) is 31.2 Å². The van der Waals surface area contributed by atoms with E-state index >= 15 is 0 Å². The van der Waals surface area contributed by atoms with Crippen molar-refractivity contribution in [2.75, 3.05) is 29.9 Å². The summed E-state index contributed by atoms with van der Waals surface area (Å²) in [6.45, 7) is 1.44. The summed E-state index contributed by atoms with van der Waals surface area (Å²) >= 11 is 0. The number of nitrogens with two attached hydrogens (primary N) is 1. The van der Waals surface area contributed by atoms with E-state index in [0.717, 1.165) is 17.8 Å². The molecule has 1 aliphatic rings. The second-order valence-corrected chi connectivity index (χ2v) is 3.88. The third kappa shape index (κ3) is 2.22. The molecule has 1 aromatic carbocycles. The minimum absolute atomic E-state index is 0.0149. The molecule has 0 bridgehead atoms. The Morgan fingerprint density at radius 2 is 2.35 bits per heavy atom. The van der Waals surface area contributed by atoms with Crippen molar-refractivity contribution in [3.8, 4) is 6.07 Å².